The molecule has 0 N–H and O–H groups in total. The first-order valence-corrected chi connectivity index (χ1v) is 10.3. The van der Waals surface area contributed by atoms with Gasteiger partial charge in [-0.05, 0) is 37.1 Å². The highest BCUT2D eigenvalue weighted by Crippen LogP contribution is 2.32. The van der Waals surface area contributed by atoms with Crippen LogP contribution >= 0.6 is 0 Å². The molecule has 2 aromatic carbocycles. The molecule has 1 saturated heterocycles. The summed E-state index contributed by atoms with van der Waals surface area (Å²) in [7, 11) is 0. The topological polar surface area (TPSA) is 94.1 Å². The van der Waals surface area contributed by atoms with E-state index in [4.69, 9.17) is 4.52 Å². The van der Waals surface area contributed by atoms with E-state index in [9.17, 15) is 14.0 Å². The number of hydrogen-bond donors (Lipinski definition) is 0. The van der Waals surface area contributed by atoms with Gasteiger partial charge in [0.15, 0.2) is 5.58 Å². The second kappa shape index (κ2) is 7.90. The summed E-state index contributed by atoms with van der Waals surface area (Å²) in [6.45, 7) is 1.38. The summed E-state index contributed by atoms with van der Waals surface area (Å²) in [6.07, 6.45) is 1.69. The van der Waals surface area contributed by atoms with Crippen LogP contribution in [0.5, 0.6) is 0 Å². The third-order valence-corrected chi connectivity index (χ3v) is 5.86. The van der Waals surface area contributed by atoms with Crippen LogP contribution in [0, 0.1) is 5.82 Å². The molecule has 31 heavy (non-hydrogen) atoms. The molecule has 1 amide bonds. The van der Waals surface area contributed by atoms with E-state index < -0.39 is 0 Å². The molecular formula is C22H20FN5O3. The smallest absolute Gasteiger partial charge is 0.277 e. The highest BCUT2D eigenvalue weighted by molar-refractivity contribution is 5.80. The Morgan fingerprint density at radius 3 is 2.77 bits per heavy atom. The van der Waals surface area contributed by atoms with Crippen molar-refractivity contribution in [2.24, 2.45) is 0 Å². The van der Waals surface area contributed by atoms with Gasteiger partial charge in [0.2, 0.25) is 5.91 Å². The van der Waals surface area contributed by atoms with Gasteiger partial charge in [0.05, 0.1) is 17.6 Å². The Hall–Kier alpha value is -3.62. The molecule has 1 aliphatic rings. The zero-order valence-electron chi connectivity index (χ0n) is 16.7. The largest absolute Gasteiger partial charge is 0.356 e. The zero-order valence-corrected chi connectivity index (χ0v) is 16.7. The number of aryl methyl sites for hydroxylation is 1. The van der Waals surface area contributed by atoms with Crippen LogP contribution in [0.15, 0.2) is 51.8 Å². The zero-order chi connectivity index (χ0) is 21.4. The lowest BCUT2D eigenvalue weighted by molar-refractivity contribution is -0.132. The number of carbonyl (C=O) groups excluding carboxylic acids is 1. The highest BCUT2D eigenvalue weighted by Gasteiger charge is 2.27. The standard InChI is InChI=1S/C22H20FN5O3/c23-15-5-6-17-19(13-15)31-25-21(17)14-7-10-27(11-8-14)20(29)9-12-28-22(30)16-3-1-2-4-18(16)24-26-28/h1-6,13-14H,7-12H2. The van der Waals surface area contributed by atoms with Crippen molar-refractivity contribution < 1.29 is 13.7 Å². The highest BCUT2D eigenvalue weighted by atomic mass is 19.1. The van der Waals surface area contributed by atoms with Crippen molar-refractivity contribution >= 4 is 27.8 Å². The van der Waals surface area contributed by atoms with Crippen LogP contribution < -0.4 is 5.56 Å². The first-order valence-electron chi connectivity index (χ1n) is 10.3. The normalized spacial score (nSPS) is 15.1. The summed E-state index contributed by atoms with van der Waals surface area (Å²) in [5, 5.41) is 13.4. The van der Waals surface area contributed by atoms with E-state index in [0.717, 1.165) is 23.9 Å². The number of piperidine rings is 1. The van der Waals surface area contributed by atoms with Crippen molar-refractivity contribution in [3.05, 3.63) is 64.3 Å². The Morgan fingerprint density at radius 1 is 1.13 bits per heavy atom. The van der Waals surface area contributed by atoms with Gasteiger partial charge in [-0.15, -0.1) is 5.10 Å². The first-order chi connectivity index (χ1) is 15.1. The van der Waals surface area contributed by atoms with Crippen molar-refractivity contribution in [3.63, 3.8) is 0 Å². The van der Waals surface area contributed by atoms with Crippen LogP contribution in [0.25, 0.3) is 21.9 Å². The van der Waals surface area contributed by atoms with E-state index in [0.29, 0.717) is 29.6 Å². The molecule has 1 aliphatic heterocycles. The summed E-state index contributed by atoms with van der Waals surface area (Å²) < 4.78 is 19.9. The Labute approximate surface area is 176 Å². The molecular weight excluding hydrogens is 401 g/mol. The minimum atomic E-state index is -0.356. The molecule has 0 radical (unpaired) electrons. The van der Waals surface area contributed by atoms with Gasteiger partial charge in [0, 0.05) is 36.9 Å². The van der Waals surface area contributed by atoms with Crippen molar-refractivity contribution in [1.29, 1.82) is 0 Å². The van der Waals surface area contributed by atoms with E-state index in [-0.39, 0.29) is 36.2 Å². The maximum Gasteiger partial charge on any atom is 0.277 e. The van der Waals surface area contributed by atoms with E-state index in [2.05, 4.69) is 15.5 Å². The fourth-order valence-corrected chi connectivity index (χ4v) is 4.16. The summed E-state index contributed by atoms with van der Waals surface area (Å²) in [6, 6.07) is 11.4. The van der Waals surface area contributed by atoms with Crippen molar-refractivity contribution in [3.8, 4) is 0 Å². The number of hydrogen-bond acceptors (Lipinski definition) is 6. The number of carbonyl (C=O) groups is 1. The van der Waals surface area contributed by atoms with E-state index in [1.165, 1.54) is 16.8 Å². The van der Waals surface area contributed by atoms with Gasteiger partial charge in [-0.2, -0.15) is 0 Å². The molecule has 5 rings (SSSR count). The summed E-state index contributed by atoms with van der Waals surface area (Å²) in [5.41, 5.74) is 1.56. The second-order valence-electron chi connectivity index (χ2n) is 7.75. The minimum Gasteiger partial charge on any atom is -0.356 e. The average molecular weight is 421 g/mol. The van der Waals surface area contributed by atoms with E-state index in [1.807, 2.05) is 0 Å². The molecule has 0 spiro atoms. The molecule has 158 valence electrons. The molecule has 8 nitrogen and oxygen atoms in total. The van der Waals surface area contributed by atoms with Crippen molar-refractivity contribution in [2.75, 3.05) is 13.1 Å². The van der Waals surface area contributed by atoms with Gasteiger partial charge in [-0.1, -0.05) is 22.5 Å². The Morgan fingerprint density at radius 2 is 1.94 bits per heavy atom. The van der Waals surface area contributed by atoms with Gasteiger partial charge in [-0.3, -0.25) is 9.59 Å². The number of benzene rings is 2. The number of rotatable bonds is 4. The number of halogens is 1. The predicted octanol–water partition coefficient (Wildman–Crippen LogP) is 2.87. The number of nitrogens with zero attached hydrogens (tertiary/aromatic N) is 5. The molecule has 4 aromatic rings. The van der Waals surface area contributed by atoms with Gasteiger partial charge in [0.25, 0.3) is 5.56 Å². The van der Waals surface area contributed by atoms with Crippen LogP contribution in [0.3, 0.4) is 0 Å². The monoisotopic (exact) mass is 421 g/mol. The Kier molecular flexibility index (Phi) is 4.93. The number of amides is 1. The van der Waals surface area contributed by atoms with Gasteiger partial charge >= 0.3 is 0 Å². The number of fused-ring (bicyclic) bond motifs is 2. The molecule has 0 saturated carbocycles. The lowest BCUT2D eigenvalue weighted by Crippen LogP contribution is -2.39. The van der Waals surface area contributed by atoms with E-state index in [1.54, 1.807) is 35.2 Å². The molecule has 0 atom stereocenters. The third kappa shape index (κ3) is 3.67. The minimum absolute atomic E-state index is 0.0209. The van der Waals surface area contributed by atoms with Crippen molar-refractivity contribution in [1.82, 2.24) is 25.1 Å². The first kappa shape index (κ1) is 19.3. The van der Waals surface area contributed by atoms with Crippen LogP contribution in [0.1, 0.15) is 30.9 Å². The van der Waals surface area contributed by atoms with Crippen LogP contribution in [0.4, 0.5) is 4.39 Å². The van der Waals surface area contributed by atoms with E-state index >= 15 is 0 Å². The molecule has 0 aliphatic carbocycles. The van der Waals surface area contributed by atoms with Crippen LogP contribution in [0.2, 0.25) is 0 Å². The SMILES string of the molecule is O=C(CCn1nnc2ccccc2c1=O)N1CCC(c2noc3cc(F)ccc23)CC1. The predicted molar refractivity (Wildman–Crippen MR) is 111 cm³/mol. The third-order valence-electron chi connectivity index (χ3n) is 5.86. The maximum atomic E-state index is 13.4. The summed E-state index contributed by atoms with van der Waals surface area (Å²) in [4.78, 5) is 27.0. The van der Waals surface area contributed by atoms with Crippen LogP contribution in [-0.2, 0) is 11.3 Å². The van der Waals surface area contributed by atoms with Crippen molar-refractivity contribution in [2.45, 2.75) is 31.7 Å². The Bertz CT molecular complexity index is 1320. The number of likely N-dealkylation sites (tertiary alicyclic amines) is 1. The quantitative estimate of drug-likeness (QED) is 0.503. The molecule has 2 aromatic heterocycles. The Balaban J connectivity index is 1.21. The van der Waals surface area contributed by atoms with Gasteiger partial charge in [0.1, 0.15) is 11.3 Å². The number of aromatic nitrogens is 4. The lowest BCUT2D eigenvalue weighted by atomic mass is 9.91. The average Bonchev–Trinajstić information content (AvgIpc) is 3.22. The molecule has 9 heteroatoms. The van der Waals surface area contributed by atoms with Gasteiger partial charge < -0.3 is 9.42 Å². The summed E-state index contributed by atoms with van der Waals surface area (Å²) in [5.74, 6) is -0.219. The summed E-state index contributed by atoms with van der Waals surface area (Å²) >= 11 is 0. The fourth-order valence-electron chi connectivity index (χ4n) is 4.16. The van der Waals surface area contributed by atoms with Crippen LogP contribution in [-0.4, -0.2) is 44.0 Å². The van der Waals surface area contributed by atoms with Gasteiger partial charge in [-0.25, -0.2) is 9.07 Å². The lowest BCUT2D eigenvalue weighted by Gasteiger charge is -2.31. The second-order valence-corrected chi connectivity index (χ2v) is 7.75. The molecule has 0 unspecified atom stereocenters. The molecule has 3 heterocycles. The maximum absolute atomic E-state index is 13.4. The fraction of sp³-hybridized carbons (Fsp3) is 0.318. The molecule has 0 bridgehead atoms. The molecule has 1 fully saturated rings.